The van der Waals surface area contributed by atoms with Crippen LogP contribution >= 0.6 is 0 Å². The standard InChI is InChI=1S/C29H41N3O2/c1-4-29-14-13-27(2,34)16-19(29)7-8-20-21-9-10-23(28(21,3)12-11-22(20)29)26(33)18-32-25-6-5-15-30-24(25)17-31-32/h5-6,15,17,19-23,34H,4,7-14,16,18H2,1-3H3/t19-,20-,21-,22-,23+,27+,28-,29-/m0/s1. The molecule has 1 N–H and O–H groups in total. The molecule has 4 aliphatic carbocycles. The molecule has 0 radical (unpaired) electrons. The summed E-state index contributed by atoms with van der Waals surface area (Å²) in [5.74, 6) is 3.39. The molecule has 184 valence electrons. The number of aliphatic hydroxyl groups is 1. The summed E-state index contributed by atoms with van der Waals surface area (Å²) in [6, 6.07) is 3.93. The van der Waals surface area contributed by atoms with Gasteiger partial charge in [-0.3, -0.25) is 14.5 Å². The second kappa shape index (κ2) is 7.88. The Bertz CT molecular complexity index is 1090. The molecular formula is C29H41N3O2. The Labute approximate surface area is 203 Å². The molecule has 4 fully saturated rings. The number of aromatic nitrogens is 3. The summed E-state index contributed by atoms with van der Waals surface area (Å²) in [7, 11) is 0. The molecule has 5 nitrogen and oxygen atoms in total. The van der Waals surface area contributed by atoms with Gasteiger partial charge >= 0.3 is 0 Å². The van der Waals surface area contributed by atoms with Crippen molar-refractivity contribution in [2.24, 2.45) is 40.4 Å². The van der Waals surface area contributed by atoms with E-state index in [1.54, 1.807) is 12.4 Å². The molecule has 0 bridgehead atoms. The maximum Gasteiger partial charge on any atom is 0.157 e. The molecule has 4 aliphatic rings. The lowest BCUT2D eigenvalue weighted by atomic mass is 9.42. The van der Waals surface area contributed by atoms with E-state index >= 15 is 0 Å². The van der Waals surface area contributed by atoms with Gasteiger partial charge in [0.1, 0.15) is 12.1 Å². The molecule has 0 spiro atoms. The number of carbonyl (C=O) groups excluding carboxylic acids is 1. The Hall–Kier alpha value is -1.75. The third kappa shape index (κ3) is 3.25. The normalized spacial score (nSPS) is 43.8. The first-order chi connectivity index (χ1) is 16.3. The van der Waals surface area contributed by atoms with Gasteiger partial charge < -0.3 is 5.11 Å². The van der Waals surface area contributed by atoms with Gasteiger partial charge in [0.25, 0.3) is 0 Å². The number of carbonyl (C=O) groups is 1. The third-order valence-corrected chi connectivity index (χ3v) is 11.4. The molecule has 34 heavy (non-hydrogen) atoms. The van der Waals surface area contributed by atoms with Crippen molar-refractivity contribution in [1.82, 2.24) is 14.8 Å². The molecule has 4 saturated carbocycles. The Morgan fingerprint density at radius 2 is 1.97 bits per heavy atom. The van der Waals surface area contributed by atoms with Crippen molar-refractivity contribution in [3.63, 3.8) is 0 Å². The SMILES string of the molecule is CC[C@]12CC[C@@](C)(O)C[C@@H]1CC[C@H]1[C@@H]3CC[C@H](C(=O)Cn4ncc5ncccc54)[C@@]3(C)CC[C@@H]12. The summed E-state index contributed by atoms with van der Waals surface area (Å²) in [5, 5.41) is 15.3. The molecule has 2 aromatic rings. The van der Waals surface area contributed by atoms with E-state index in [1.807, 2.05) is 16.8 Å². The zero-order valence-corrected chi connectivity index (χ0v) is 21.2. The van der Waals surface area contributed by atoms with Gasteiger partial charge in [-0.05, 0) is 118 Å². The zero-order valence-electron chi connectivity index (χ0n) is 21.2. The van der Waals surface area contributed by atoms with Crippen molar-refractivity contribution in [2.45, 2.75) is 97.1 Å². The zero-order chi connectivity index (χ0) is 23.7. The van der Waals surface area contributed by atoms with Crippen molar-refractivity contribution in [1.29, 1.82) is 0 Å². The van der Waals surface area contributed by atoms with E-state index in [1.165, 1.54) is 44.9 Å². The quantitative estimate of drug-likeness (QED) is 0.622. The largest absolute Gasteiger partial charge is 0.390 e. The van der Waals surface area contributed by atoms with E-state index in [-0.39, 0.29) is 11.3 Å². The van der Waals surface area contributed by atoms with Crippen molar-refractivity contribution in [2.75, 3.05) is 0 Å². The first kappa shape index (κ1) is 22.7. The fraction of sp³-hybridized carbons (Fsp3) is 0.759. The summed E-state index contributed by atoms with van der Waals surface area (Å²) in [4.78, 5) is 18.1. The molecule has 0 aliphatic heterocycles. The number of rotatable bonds is 4. The molecule has 0 saturated heterocycles. The van der Waals surface area contributed by atoms with Gasteiger partial charge in [-0.25, -0.2) is 0 Å². The second-order valence-electron chi connectivity index (χ2n) is 12.8. The summed E-state index contributed by atoms with van der Waals surface area (Å²) >= 11 is 0. The first-order valence-electron chi connectivity index (χ1n) is 13.8. The minimum atomic E-state index is -0.476. The lowest BCUT2D eigenvalue weighted by Crippen LogP contribution is -2.56. The highest BCUT2D eigenvalue weighted by Gasteiger charge is 2.62. The van der Waals surface area contributed by atoms with Gasteiger partial charge in [-0.15, -0.1) is 0 Å². The monoisotopic (exact) mass is 463 g/mol. The predicted molar refractivity (Wildman–Crippen MR) is 133 cm³/mol. The second-order valence-corrected chi connectivity index (χ2v) is 12.8. The van der Waals surface area contributed by atoms with Gasteiger partial charge in [0.05, 0.1) is 17.3 Å². The van der Waals surface area contributed by atoms with Crippen molar-refractivity contribution < 1.29 is 9.90 Å². The maximum atomic E-state index is 13.7. The number of Topliss-reactive ketones (excluding diaryl/α,β-unsaturated/α-hetero) is 1. The number of pyridine rings is 1. The summed E-state index contributed by atoms with van der Waals surface area (Å²) in [5.41, 5.74) is 1.88. The smallest absolute Gasteiger partial charge is 0.157 e. The topological polar surface area (TPSA) is 68.0 Å². The van der Waals surface area contributed by atoms with Gasteiger partial charge in [-0.1, -0.05) is 13.8 Å². The minimum Gasteiger partial charge on any atom is -0.390 e. The van der Waals surface area contributed by atoms with E-state index in [4.69, 9.17) is 0 Å². The lowest BCUT2D eigenvalue weighted by molar-refractivity contribution is -0.158. The third-order valence-electron chi connectivity index (χ3n) is 11.4. The molecular weight excluding hydrogens is 422 g/mol. The summed E-state index contributed by atoms with van der Waals surface area (Å²) in [6.07, 6.45) is 15.2. The van der Waals surface area contributed by atoms with Crippen molar-refractivity contribution in [3.05, 3.63) is 24.5 Å². The van der Waals surface area contributed by atoms with Crippen LogP contribution in [0.25, 0.3) is 11.0 Å². The van der Waals surface area contributed by atoms with Crippen LogP contribution in [-0.4, -0.2) is 31.3 Å². The Morgan fingerprint density at radius 3 is 2.79 bits per heavy atom. The average Bonchev–Trinajstić information content (AvgIpc) is 3.39. The fourth-order valence-electron chi connectivity index (χ4n) is 9.77. The van der Waals surface area contributed by atoms with Crippen LogP contribution in [0.2, 0.25) is 0 Å². The van der Waals surface area contributed by atoms with E-state index in [0.717, 1.165) is 42.1 Å². The van der Waals surface area contributed by atoms with Crippen LogP contribution < -0.4 is 0 Å². The van der Waals surface area contributed by atoms with Crippen LogP contribution in [0.3, 0.4) is 0 Å². The van der Waals surface area contributed by atoms with E-state index < -0.39 is 5.60 Å². The number of nitrogens with zero attached hydrogens (tertiary/aromatic N) is 3. The first-order valence-corrected chi connectivity index (χ1v) is 13.8. The maximum absolute atomic E-state index is 13.7. The lowest BCUT2D eigenvalue weighted by Gasteiger charge is -2.63. The predicted octanol–water partition coefficient (Wildman–Crippen LogP) is 5.80. The Kier molecular flexibility index (Phi) is 5.26. The molecule has 2 heterocycles. The fourth-order valence-corrected chi connectivity index (χ4v) is 9.77. The van der Waals surface area contributed by atoms with Crippen molar-refractivity contribution >= 4 is 16.8 Å². The van der Waals surface area contributed by atoms with Crippen LogP contribution in [0.1, 0.15) is 85.0 Å². The molecule has 8 atom stereocenters. The van der Waals surface area contributed by atoms with Crippen LogP contribution in [0.4, 0.5) is 0 Å². The molecule has 6 rings (SSSR count). The van der Waals surface area contributed by atoms with Crippen LogP contribution in [0.15, 0.2) is 24.5 Å². The molecule has 5 heteroatoms. The molecule has 0 unspecified atom stereocenters. The van der Waals surface area contributed by atoms with Crippen LogP contribution in [-0.2, 0) is 11.3 Å². The van der Waals surface area contributed by atoms with Crippen LogP contribution in [0, 0.1) is 40.4 Å². The highest BCUT2D eigenvalue weighted by Crippen LogP contribution is 2.69. The molecule has 2 aromatic heterocycles. The summed E-state index contributed by atoms with van der Waals surface area (Å²) < 4.78 is 1.86. The van der Waals surface area contributed by atoms with Gasteiger partial charge in [0.15, 0.2) is 5.78 Å². The van der Waals surface area contributed by atoms with Gasteiger partial charge in [0, 0.05) is 12.1 Å². The molecule has 0 aromatic carbocycles. The number of hydrogen-bond acceptors (Lipinski definition) is 4. The Balaban J connectivity index is 1.23. The van der Waals surface area contributed by atoms with Crippen molar-refractivity contribution in [3.8, 4) is 0 Å². The Morgan fingerprint density at radius 1 is 1.12 bits per heavy atom. The highest BCUT2D eigenvalue weighted by molar-refractivity contribution is 5.84. The number of fused-ring (bicyclic) bond motifs is 6. The number of ketones is 1. The van der Waals surface area contributed by atoms with Gasteiger partial charge in [-0.2, -0.15) is 5.10 Å². The van der Waals surface area contributed by atoms with Gasteiger partial charge in [0.2, 0.25) is 0 Å². The number of hydrogen-bond donors (Lipinski definition) is 1. The summed E-state index contributed by atoms with van der Waals surface area (Å²) in [6.45, 7) is 7.28. The minimum absolute atomic E-state index is 0.126. The van der Waals surface area contributed by atoms with E-state index in [2.05, 4.69) is 30.9 Å². The van der Waals surface area contributed by atoms with Crippen LogP contribution in [0.5, 0.6) is 0 Å². The van der Waals surface area contributed by atoms with E-state index in [0.29, 0.717) is 29.6 Å². The highest BCUT2D eigenvalue weighted by atomic mass is 16.3. The average molecular weight is 464 g/mol. The van der Waals surface area contributed by atoms with E-state index in [9.17, 15) is 9.90 Å². The molecule has 0 amide bonds.